The largest absolute Gasteiger partial charge is 0.385 e. The van der Waals surface area contributed by atoms with Gasteiger partial charge in [0, 0.05) is 0 Å². The molecule has 2 rings (SSSR count). The number of nitrogens with two attached hydrogens (primary N) is 1. The summed E-state index contributed by atoms with van der Waals surface area (Å²) in [5, 5.41) is 10.5. The van der Waals surface area contributed by atoms with Crippen LogP contribution >= 0.6 is 0 Å². The highest BCUT2D eigenvalue weighted by Crippen LogP contribution is 2.41. The molecule has 0 bridgehead atoms. The van der Waals surface area contributed by atoms with Crippen LogP contribution in [0.2, 0.25) is 0 Å². The molecule has 1 atom stereocenters. The third-order valence-electron chi connectivity index (χ3n) is 5.12. The zero-order valence-electron chi connectivity index (χ0n) is 15.0. The van der Waals surface area contributed by atoms with E-state index in [1.807, 2.05) is 19.1 Å². The third-order valence-corrected chi connectivity index (χ3v) is 5.12. The molecule has 0 aliphatic heterocycles. The van der Waals surface area contributed by atoms with Gasteiger partial charge in [-0.1, -0.05) is 49.8 Å². The molecule has 126 valence electrons. The Morgan fingerprint density at radius 1 is 1.30 bits per heavy atom. The van der Waals surface area contributed by atoms with Gasteiger partial charge in [0.05, 0.1) is 5.60 Å². The van der Waals surface area contributed by atoms with Crippen LogP contribution in [-0.2, 0) is 5.60 Å². The van der Waals surface area contributed by atoms with Crippen molar-refractivity contribution in [1.29, 1.82) is 0 Å². The average Bonchev–Trinajstić information content (AvgIpc) is 2.46. The molecule has 2 heteroatoms. The first-order valence-corrected chi connectivity index (χ1v) is 8.67. The molecule has 0 fully saturated rings. The number of benzene rings is 1. The summed E-state index contributed by atoms with van der Waals surface area (Å²) in [5.74, 6) is 0. The third kappa shape index (κ3) is 4.33. The maximum absolute atomic E-state index is 10.5. The lowest BCUT2D eigenvalue weighted by atomic mass is 9.72. The lowest BCUT2D eigenvalue weighted by Gasteiger charge is -2.33. The summed E-state index contributed by atoms with van der Waals surface area (Å²) in [6.45, 7) is 9.23. The van der Waals surface area contributed by atoms with Crippen LogP contribution in [0.15, 0.2) is 41.5 Å². The van der Waals surface area contributed by atoms with E-state index in [2.05, 4.69) is 45.1 Å². The summed E-state index contributed by atoms with van der Waals surface area (Å²) in [5.41, 5.74) is 10.0. The first kappa shape index (κ1) is 18.0. The van der Waals surface area contributed by atoms with Gasteiger partial charge >= 0.3 is 0 Å². The van der Waals surface area contributed by atoms with E-state index in [-0.39, 0.29) is 5.41 Å². The molecule has 0 radical (unpaired) electrons. The predicted octanol–water partition coefficient (Wildman–Crippen LogP) is 4.78. The Balaban J connectivity index is 2.27. The van der Waals surface area contributed by atoms with E-state index < -0.39 is 5.60 Å². The quantitative estimate of drug-likeness (QED) is 0.821. The lowest BCUT2D eigenvalue weighted by Crippen LogP contribution is -2.24. The highest BCUT2D eigenvalue weighted by atomic mass is 16.3. The van der Waals surface area contributed by atoms with Crippen LogP contribution in [0.5, 0.6) is 0 Å². The van der Waals surface area contributed by atoms with Gasteiger partial charge in [-0.25, -0.2) is 0 Å². The fourth-order valence-electron chi connectivity index (χ4n) is 3.59. The summed E-state index contributed by atoms with van der Waals surface area (Å²) >= 11 is 0. The Morgan fingerprint density at radius 2 is 2.04 bits per heavy atom. The summed E-state index contributed by atoms with van der Waals surface area (Å²) in [6, 6.07) is 8.14. The number of hydrogen-bond acceptors (Lipinski definition) is 2. The van der Waals surface area contributed by atoms with E-state index in [1.54, 1.807) is 0 Å². The Labute approximate surface area is 141 Å². The maximum atomic E-state index is 10.5. The van der Waals surface area contributed by atoms with Crippen LogP contribution in [0.4, 0.5) is 0 Å². The molecule has 3 N–H and O–H groups in total. The van der Waals surface area contributed by atoms with E-state index in [1.165, 1.54) is 30.4 Å². The smallest absolute Gasteiger partial charge is 0.0880 e. The molecule has 1 aromatic rings. The van der Waals surface area contributed by atoms with Crippen LogP contribution in [0.25, 0.3) is 6.08 Å². The molecule has 1 aromatic carbocycles. The number of aliphatic hydroxyl groups is 1. The normalized spacial score (nSPS) is 20.8. The van der Waals surface area contributed by atoms with Crippen LogP contribution in [0, 0.1) is 5.41 Å². The number of hydrogen-bond donors (Lipinski definition) is 2. The van der Waals surface area contributed by atoms with Gasteiger partial charge in [0.25, 0.3) is 0 Å². The molecule has 1 aliphatic carbocycles. The van der Waals surface area contributed by atoms with Gasteiger partial charge in [-0.3, -0.25) is 0 Å². The molecule has 1 unspecified atom stereocenters. The molecule has 23 heavy (non-hydrogen) atoms. The molecule has 0 amide bonds. The zero-order valence-corrected chi connectivity index (χ0v) is 15.0. The first-order valence-electron chi connectivity index (χ1n) is 8.67. The molecular weight excluding hydrogens is 282 g/mol. The monoisotopic (exact) mass is 313 g/mol. The Morgan fingerprint density at radius 3 is 2.70 bits per heavy atom. The van der Waals surface area contributed by atoms with E-state index in [4.69, 9.17) is 5.73 Å². The van der Waals surface area contributed by atoms with Crippen molar-refractivity contribution in [3.8, 4) is 0 Å². The van der Waals surface area contributed by atoms with Crippen molar-refractivity contribution in [2.24, 2.45) is 11.1 Å². The molecule has 0 saturated heterocycles. The van der Waals surface area contributed by atoms with Gasteiger partial charge in [0.1, 0.15) is 0 Å². The molecule has 0 aromatic heterocycles. The predicted molar refractivity (Wildman–Crippen MR) is 99.1 cm³/mol. The minimum Gasteiger partial charge on any atom is -0.385 e. The van der Waals surface area contributed by atoms with Crippen molar-refractivity contribution < 1.29 is 5.11 Å². The van der Waals surface area contributed by atoms with Crippen molar-refractivity contribution in [1.82, 2.24) is 0 Å². The van der Waals surface area contributed by atoms with E-state index in [0.29, 0.717) is 13.0 Å². The zero-order chi connectivity index (χ0) is 17.1. The summed E-state index contributed by atoms with van der Waals surface area (Å²) < 4.78 is 0. The van der Waals surface area contributed by atoms with Gasteiger partial charge in [-0.05, 0) is 74.3 Å². The van der Waals surface area contributed by atoms with E-state index >= 15 is 0 Å². The number of allylic oxidation sites excluding steroid dienone is 3. The highest BCUT2D eigenvalue weighted by molar-refractivity contribution is 5.56. The van der Waals surface area contributed by atoms with Gasteiger partial charge in [0.2, 0.25) is 0 Å². The van der Waals surface area contributed by atoms with Gasteiger partial charge < -0.3 is 10.8 Å². The van der Waals surface area contributed by atoms with Gasteiger partial charge in [0.15, 0.2) is 0 Å². The van der Waals surface area contributed by atoms with E-state index in [0.717, 1.165) is 11.1 Å². The van der Waals surface area contributed by atoms with Crippen LogP contribution in [0.1, 0.15) is 64.5 Å². The van der Waals surface area contributed by atoms with Crippen molar-refractivity contribution in [2.75, 3.05) is 6.54 Å². The Hall–Kier alpha value is -1.38. The summed E-state index contributed by atoms with van der Waals surface area (Å²) in [6.07, 6.45) is 8.74. The molecule has 0 spiro atoms. The topological polar surface area (TPSA) is 46.2 Å². The van der Waals surface area contributed by atoms with Crippen LogP contribution in [0.3, 0.4) is 0 Å². The van der Waals surface area contributed by atoms with Crippen molar-refractivity contribution >= 4 is 6.08 Å². The second kappa shape index (κ2) is 7.02. The highest BCUT2D eigenvalue weighted by Gasteiger charge is 2.26. The van der Waals surface area contributed by atoms with E-state index in [9.17, 15) is 5.11 Å². The summed E-state index contributed by atoms with van der Waals surface area (Å²) in [7, 11) is 0. The summed E-state index contributed by atoms with van der Waals surface area (Å²) in [4.78, 5) is 0. The number of rotatable bonds is 5. The van der Waals surface area contributed by atoms with Crippen molar-refractivity contribution in [3.05, 3.63) is 52.6 Å². The average molecular weight is 313 g/mol. The lowest BCUT2D eigenvalue weighted by molar-refractivity contribution is 0.0504. The SMILES string of the molecule is CC1=C(C=Cc2cccc(C(C)(O)CCN)c2)C(C)(C)CCC1. The Kier molecular flexibility index (Phi) is 5.49. The second-order valence-electron chi connectivity index (χ2n) is 7.70. The van der Waals surface area contributed by atoms with Crippen molar-refractivity contribution in [3.63, 3.8) is 0 Å². The van der Waals surface area contributed by atoms with Gasteiger partial charge in [-0.2, -0.15) is 0 Å². The van der Waals surface area contributed by atoms with Crippen LogP contribution < -0.4 is 5.73 Å². The fraction of sp³-hybridized carbons (Fsp3) is 0.524. The molecule has 0 saturated carbocycles. The minimum atomic E-state index is -0.863. The van der Waals surface area contributed by atoms with Crippen molar-refractivity contribution in [2.45, 2.75) is 59.0 Å². The first-order chi connectivity index (χ1) is 10.8. The fourth-order valence-corrected chi connectivity index (χ4v) is 3.59. The minimum absolute atomic E-state index is 0.251. The molecule has 1 aliphatic rings. The molecule has 0 heterocycles. The van der Waals surface area contributed by atoms with Crippen LogP contribution in [-0.4, -0.2) is 11.7 Å². The Bertz CT molecular complexity index is 608. The second-order valence-corrected chi connectivity index (χ2v) is 7.70. The standard InChI is InChI=1S/C21H31NO/c1-16-7-6-12-20(2,3)19(16)11-10-17-8-5-9-18(15-17)21(4,23)13-14-22/h5,8-11,15,23H,6-7,12-14,22H2,1-4H3. The van der Waals surface area contributed by atoms with Gasteiger partial charge in [-0.15, -0.1) is 0 Å². The maximum Gasteiger partial charge on any atom is 0.0880 e. The molecular formula is C21H31NO. The molecule has 2 nitrogen and oxygen atoms in total.